The van der Waals surface area contributed by atoms with Gasteiger partial charge in [0.25, 0.3) is 0 Å². The van der Waals surface area contributed by atoms with Crippen molar-refractivity contribution < 1.29 is 61.4 Å². The van der Waals surface area contributed by atoms with Crippen LogP contribution in [0.3, 0.4) is 0 Å². The van der Waals surface area contributed by atoms with Crippen LogP contribution < -0.4 is 26.9 Å². The molecule has 5 atom stereocenters. The minimum atomic E-state index is -4.89. The van der Waals surface area contributed by atoms with Crippen LogP contribution in [0, 0.1) is 5.92 Å². The third kappa shape index (κ3) is 10.7. The third-order valence-corrected chi connectivity index (χ3v) is 8.28. The van der Waals surface area contributed by atoms with Crippen LogP contribution in [-0.4, -0.2) is 87.3 Å². The number of aliphatic carboxylic acids is 2. The molecule has 1 aromatic carbocycles. The van der Waals surface area contributed by atoms with E-state index in [0.29, 0.717) is 6.42 Å². The highest BCUT2D eigenvalue weighted by Gasteiger charge is 2.40. The van der Waals surface area contributed by atoms with Gasteiger partial charge in [0.15, 0.2) is 0 Å². The van der Waals surface area contributed by atoms with Crippen molar-refractivity contribution in [3.8, 4) is 0 Å². The third-order valence-electron chi connectivity index (χ3n) is 8.28. The molecule has 278 valence electrons. The van der Waals surface area contributed by atoms with Crippen LogP contribution >= 0.6 is 0 Å². The van der Waals surface area contributed by atoms with Crippen molar-refractivity contribution in [2.24, 2.45) is 5.92 Å². The summed E-state index contributed by atoms with van der Waals surface area (Å²) in [5.74, 6) is -7.26. The van der Waals surface area contributed by atoms with Crippen LogP contribution in [0.2, 0.25) is 0 Å². The first-order valence-electron chi connectivity index (χ1n) is 15.9. The van der Waals surface area contributed by atoms with E-state index in [1.54, 1.807) is 13.8 Å². The van der Waals surface area contributed by atoms with Gasteiger partial charge in [0.2, 0.25) is 29.5 Å². The van der Waals surface area contributed by atoms with Crippen molar-refractivity contribution in [1.82, 2.24) is 20.9 Å². The molecule has 1 aliphatic rings. The van der Waals surface area contributed by atoms with Crippen LogP contribution in [0.15, 0.2) is 33.5 Å². The summed E-state index contributed by atoms with van der Waals surface area (Å²) < 4.78 is 45.1. The summed E-state index contributed by atoms with van der Waals surface area (Å²) in [6.07, 6.45) is -5.92. The molecule has 5 unspecified atom stereocenters. The number of benzene rings is 1. The average Bonchev–Trinajstić information content (AvgIpc) is 3.53. The molecule has 16 nitrogen and oxygen atoms in total. The molecule has 1 aliphatic heterocycles. The predicted octanol–water partition coefficient (Wildman–Crippen LogP) is 1.60. The molecule has 2 heterocycles. The topological polar surface area (TPSA) is 242 Å². The quantitative estimate of drug-likeness (QED) is 0.144. The Labute approximate surface area is 288 Å². The highest BCUT2D eigenvalue weighted by Crippen LogP contribution is 2.34. The second-order valence-corrected chi connectivity index (χ2v) is 12.1. The summed E-state index contributed by atoms with van der Waals surface area (Å²) in [7, 11) is 0. The highest BCUT2D eigenvalue weighted by atomic mass is 19.4. The van der Waals surface area contributed by atoms with E-state index in [-0.39, 0.29) is 43.5 Å². The fourth-order valence-electron chi connectivity index (χ4n) is 5.57. The molecule has 3 rings (SSSR count). The number of carboxylic acid groups (broad SMARTS) is 2. The van der Waals surface area contributed by atoms with Crippen molar-refractivity contribution in [3.05, 3.63) is 40.2 Å². The summed E-state index contributed by atoms with van der Waals surface area (Å²) in [5, 5.41) is 27.8. The van der Waals surface area contributed by atoms with E-state index in [0.717, 1.165) is 23.1 Å². The van der Waals surface area contributed by atoms with Gasteiger partial charge in [-0.25, -0.2) is 4.79 Å². The number of carbonyl (C=O) groups is 7. The number of amides is 5. The van der Waals surface area contributed by atoms with Gasteiger partial charge in [0.05, 0.1) is 12.0 Å². The lowest BCUT2D eigenvalue weighted by Gasteiger charge is -2.31. The second-order valence-electron chi connectivity index (χ2n) is 12.1. The summed E-state index contributed by atoms with van der Waals surface area (Å²) in [6.45, 7) is 4.67. The van der Waals surface area contributed by atoms with Gasteiger partial charge in [0.1, 0.15) is 29.8 Å². The molecular weight excluding hydrogens is 687 g/mol. The normalized spacial score (nSPS) is 16.7. The fourth-order valence-corrected chi connectivity index (χ4v) is 5.57. The maximum Gasteiger partial charge on any atom is 0.417 e. The molecule has 0 bridgehead atoms. The first-order chi connectivity index (χ1) is 23.8. The number of nitrogens with zero attached hydrogens (tertiary/aromatic N) is 1. The number of rotatable bonds is 15. The standard InChI is InChI=1S/C32H38F3N5O11/c1-4-15(2)27(36-16(3)41)30(49)38-20(9-10-24(42)43)31(50)40-11-5-6-22(40)29(48)39-21(14-25(44)45)28(47)37-17-7-8-18-19(32(33,34)35)13-26(46)51-23(18)12-17/h7-8,12-13,15,20-22,27H,4-6,9-11,14H2,1-3H3,(H,36,41)(H,37,47)(H,38,49)(H,39,48)(H,42,43)(H,44,45). The molecule has 1 aromatic heterocycles. The molecule has 0 saturated carbocycles. The molecule has 5 amide bonds. The molecule has 0 spiro atoms. The van der Waals surface area contributed by atoms with Gasteiger partial charge in [-0.1, -0.05) is 20.3 Å². The summed E-state index contributed by atoms with van der Waals surface area (Å²) in [5.41, 5.74) is -3.29. The lowest BCUT2D eigenvalue weighted by Crippen LogP contribution is -2.58. The Balaban J connectivity index is 1.82. The average molecular weight is 726 g/mol. The number of hydrogen-bond donors (Lipinski definition) is 6. The van der Waals surface area contributed by atoms with E-state index in [4.69, 9.17) is 4.42 Å². The zero-order chi connectivity index (χ0) is 38.2. The van der Waals surface area contributed by atoms with E-state index in [1.807, 2.05) is 0 Å². The lowest BCUT2D eigenvalue weighted by atomic mass is 9.97. The molecule has 2 aromatic rings. The Morgan fingerprint density at radius 2 is 1.67 bits per heavy atom. The Hall–Kier alpha value is -5.49. The number of fused-ring (bicyclic) bond motifs is 1. The number of carbonyl (C=O) groups excluding carboxylic acids is 5. The molecule has 0 aliphatic carbocycles. The minimum absolute atomic E-state index is 0.00511. The number of likely N-dealkylation sites (tertiary alicyclic amines) is 1. The van der Waals surface area contributed by atoms with Crippen LogP contribution in [-0.2, 0) is 39.7 Å². The molecule has 1 fully saturated rings. The Kier molecular flexibility index (Phi) is 13.3. The zero-order valence-electron chi connectivity index (χ0n) is 27.8. The van der Waals surface area contributed by atoms with Gasteiger partial charge < -0.3 is 40.8 Å². The second kappa shape index (κ2) is 16.9. The Morgan fingerprint density at radius 3 is 2.25 bits per heavy atom. The lowest BCUT2D eigenvalue weighted by molar-refractivity contribution is -0.144. The van der Waals surface area contributed by atoms with Crippen LogP contribution in [0.25, 0.3) is 11.0 Å². The van der Waals surface area contributed by atoms with Gasteiger partial charge in [-0.2, -0.15) is 13.2 Å². The van der Waals surface area contributed by atoms with E-state index < -0.39 is 107 Å². The van der Waals surface area contributed by atoms with Crippen molar-refractivity contribution in [1.29, 1.82) is 0 Å². The van der Waals surface area contributed by atoms with E-state index in [9.17, 15) is 61.7 Å². The first kappa shape index (κ1) is 39.9. The molecule has 0 radical (unpaired) electrons. The summed E-state index contributed by atoms with van der Waals surface area (Å²) in [6, 6.07) is -2.31. The number of alkyl halides is 3. The monoisotopic (exact) mass is 725 g/mol. The first-order valence-corrected chi connectivity index (χ1v) is 15.9. The van der Waals surface area contributed by atoms with Crippen molar-refractivity contribution in [3.63, 3.8) is 0 Å². The highest BCUT2D eigenvalue weighted by molar-refractivity contribution is 6.01. The van der Waals surface area contributed by atoms with Gasteiger partial charge >= 0.3 is 23.7 Å². The maximum atomic E-state index is 13.7. The van der Waals surface area contributed by atoms with Crippen LogP contribution in [0.4, 0.5) is 18.9 Å². The van der Waals surface area contributed by atoms with Crippen molar-refractivity contribution >= 4 is 58.1 Å². The van der Waals surface area contributed by atoms with Crippen molar-refractivity contribution in [2.45, 2.75) is 89.6 Å². The summed E-state index contributed by atoms with van der Waals surface area (Å²) in [4.78, 5) is 101. The van der Waals surface area contributed by atoms with E-state index in [2.05, 4.69) is 21.3 Å². The summed E-state index contributed by atoms with van der Waals surface area (Å²) >= 11 is 0. The van der Waals surface area contributed by atoms with Gasteiger partial charge in [0, 0.05) is 43.1 Å². The van der Waals surface area contributed by atoms with E-state index >= 15 is 0 Å². The number of carboxylic acids is 2. The van der Waals surface area contributed by atoms with Gasteiger partial charge in [-0.05, 0) is 37.3 Å². The molecule has 6 N–H and O–H groups in total. The maximum absolute atomic E-state index is 13.7. The smallest absolute Gasteiger partial charge is 0.417 e. The minimum Gasteiger partial charge on any atom is -0.481 e. The number of anilines is 1. The van der Waals surface area contributed by atoms with E-state index in [1.165, 1.54) is 6.92 Å². The Bertz CT molecular complexity index is 1750. The number of hydrogen-bond acceptors (Lipinski definition) is 9. The van der Waals surface area contributed by atoms with Crippen LogP contribution in [0.5, 0.6) is 0 Å². The zero-order valence-corrected chi connectivity index (χ0v) is 27.8. The number of halogens is 3. The number of nitrogens with one attached hydrogen (secondary N) is 4. The Morgan fingerprint density at radius 1 is 0.980 bits per heavy atom. The molecule has 1 saturated heterocycles. The van der Waals surface area contributed by atoms with Gasteiger partial charge in [-0.15, -0.1) is 0 Å². The molecular formula is C32H38F3N5O11. The molecule has 51 heavy (non-hydrogen) atoms. The SMILES string of the molecule is CCC(C)C(NC(C)=O)C(=O)NC(CCC(=O)O)C(=O)N1CCCC1C(=O)NC(CC(=O)O)C(=O)Nc1ccc2c(C(F)(F)F)cc(=O)oc2c1. The fraction of sp³-hybridized carbons (Fsp3) is 0.500. The van der Waals surface area contributed by atoms with Crippen molar-refractivity contribution in [2.75, 3.05) is 11.9 Å². The predicted molar refractivity (Wildman–Crippen MR) is 171 cm³/mol. The molecule has 19 heteroatoms. The van der Waals surface area contributed by atoms with Crippen LogP contribution in [0.1, 0.15) is 64.9 Å². The van der Waals surface area contributed by atoms with Gasteiger partial charge in [-0.3, -0.25) is 33.6 Å². The largest absolute Gasteiger partial charge is 0.481 e.